The molecule has 216 valence electrons. The molecule has 9 aromatic rings. The maximum atomic E-state index is 5.39. The first-order valence-corrected chi connectivity index (χ1v) is 17.3. The summed E-state index contributed by atoms with van der Waals surface area (Å²) in [6.45, 7) is 4.75. The van der Waals surface area contributed by atoms with Crippen LogP contribution in [0.25, 0.3) is 81.2 Å². The molecule has 46 heavy (non-hydrogen) atoms. The maximum absolute atomic E-state index is 5.39. The molecule has 3 aromatic heterocycles. The van der Waals surface area contributed by atoms with Gasteiger partial charge < -0.3 is 0 Å². The van der Waals surface area contributed by atoms with E-state index < -0.39 is 0 Å². The predicted octanol–water partition coefficient (Wildman–Crippen LogP) is 11.5. The van der Waals surface area contributed by atoms with Crippen molar-refractivity contribution in [1.82, 2.24) is 14.5 Å². The molecular weight excluding hydrogens is 599 g/mol. The van der Waals surface area contributed by atoms with Gasteiger partial charge in [-0.2, -0.15) is 0 Å². The molecule has 0 radical (unpaired) electrons. The van der Waals surface area contributed by atoms with E-state index in [0.29, 0.717) is 5.95 Å². The summed E-state index contributed by atoms with van der Waals surface area (Å²) >= 11 is 3.73. The van der Waals surface area contributed by atoms with Crippen LogP contribution in [0, 0.1) is 0 Å². The smallest absolute Gasteiger partial charge is 0.235 e. The topological polar surface area (TPSA) is 30.7 Å². The van der Waals surface area contributed by atoms with Gasteiger partial charge in [0.05, 0.1) is 22.2 Å². The Morgan fingerprint density at radius 2 is 1.41 bits per heavy atom. The second kappa shape index (κ2) is 8.64. The predicted molar refractivity (Wildman–Crippen MR) is 194 cm³/mol. The van der Waals surface area contributed by atoms with E-state index in [4.69, 9.17) is 9.97 Å². The third kappa shape index (κ3) is 3.10. The first-order chi connectivity index (χ1) is 22.6. The van der Waals surface area contributed by atoms with Gasteiger partial charge in [0.2, 0.25) is 5.95 Å². The fourth-order valence-corrected chi connectivity index (χ4v) is 10.4. The Balaban J connectivity index is 1.24. The molecule has 0 saturated heterocycles. The molecule has 11 rings (SSSR count). The van der Waals surface area contributed by atoms with Crippen molar-refractivity contribution in [2.24, 2.45) is 0 Å². The van der Waals surface area contributed by atoms with Crippen molar-refractivity contribution in [3.63, 3.8) is 0 Å². The number of para-hydroxylation sites is 1. The van der Waals surface area contributed by atoms with Crippen molar-refractivity contribution in [2.45, 2.75) is 29.1 Å². The monoisotopic (exact) mass is 623 g/mol. The van der Waals surface area contributed by atoms with Gasteiger partial charge in [0.1, 0.15) is 0 Å². The summed E-state index contributed by atoms with van der Waals surface area (Å²) in [5, 5.41) is 6.28. The molecule has 4 heterocycles. The minimum absolute atomic E-state index is 0.147. The molecule has 1 aliphatic carbocycles. The lowest BCUT2D eigenvalue weighted by atomic mass is 9.82. The summed E-state index contributed by atoms with van der Waals surface area (Å²) in [7, 11) is 0. The van der Waals surface area contributed by atoms with Gasteiger partial charge in [-0.05, 0) is 59.2 Å². The van der Waals surface area contributed by atoms with E-state index in [1.807, 2.05) is 11.3 Å². The largest absolute Gasteiger partial charge is 0.278 e. The Morgan fingerprint density at radius 1 is 0.609 bits per heavy atom. The molecule has 1 aliphatic heterocycles. The summed E-state index contributed by atoms with van der Waals surface area (Å²) in [5.41, 5.74) is 10.8. The van der Waals surface area contributed by atoms with Crippen LogP contribution in [0.1, 0.15) is 25.0 Å². The standard InChI is InChI=1S/C41H25N3S2/c1-41(2)28-19-18-24-23-11-4-7-15-33(23)46-39(24)36(28)27-20-26-22-10-3-6-14-31(22)44(32(26)21-29(27)41)40-42-30-13-9-17-35-37(30)38(43-40)25-12-5-8-16-34(25)45-35/h3-21H,1-2H3. The normalized spacial score (nSPS) is 14.4. The second-order valence-corrected chi connectivity index (χ2v) is 15.1. The van der Waals surface area contributed by atoms with E-state index in [9.17, 15) is 0 Å². The highest BCUT2D eigenvalue weighted by Crippen LogP contribution is 2.55. The van der Waals surface area contributed by atoms with Crippen molar-refractivity contribution in [1.29, 1.82) is 0 Å². The zero-order chi connectivity index (χ0) is 30.3. The molecule has 0 fully saturated rings. The average molecular weight is 624 g/mol. The quantitative estimate of drug-likeness (QED) is 0.182. The number of hydrogen-bond donors (Lipinski definition) is 0. The van der Waals surface area contributed by atoms with Crippen LogP contribution in [0.5, 0.6) is 0 Å². The molecular formula is C41H25N3S2. The molecule has 0 amide bonds. The molecule has 0 unspecified atom stereocenters. The molecule has 0 N–H and O–H groups in total. The van der Waals surface area contributed by atoms with Crippen molar-refractivity contribution in [2.75, 3.05) is 0 Å². The molecule has 0 bridgehead atoms. The van der Waals surface area contributed by atoms with Crippen LogP contribution in [-0.4, -0.2) is 14.5 Å². The van der Waals surface area contributed by atoms with Crippen LogP contribution in [0.4, 0.5) is 0 Å². The Bertz CT molecular complexity index is 2820. The summed E-state index contributed by atoms with van der Waals surface area (Å²) < 4.78 is 5.03. The van der Waals surface area contributed by atoms with Gasteiger partial charge in [0, 0.05) is 62.7 Å². The number of nitrogens with zero attached hydrogens (tertiary/aromatic N) is 3. The van der Waals surface area contributed by atoms with Gasteiger partial charge in [0.25, 0.3) is 0 Å². The third-order valence-corrected chi connectivity index (χ3v) is 12.6. The zero-order valence-electron chi connectivity index (χ0n) is 25.1. The van der Waals surface area contributed by atoms with E-state index in [1.165, 1.54) is 68.6 Å². The van der Waals surface area contributed by atoms with Crippen LogP contribution in [0.2, 0.25) is 0 Å². The van der Waals surface area contributed by atoms with Gasteiger partial charge in [-0.15, -0.1) is 11.3 Å². The lowest BCUT2D eigenvalue weighted by Crippen LogP contribution is -2.15. The number of hydrogen-bond acceptors (Lipinski definition) is 4. The van der Waals surface area contributed by atoms with Gasteiger partial charge in [-0.3, -0.25) is 4.57 Å². The van der Waals surface area contributed by atoms with Crippen molar-refractivity contribution < 1.29 is 0 Å². The minimum atomic E-state index is -0.147. The Kier molecular flexibility index (Phi) is 4.74. The highest BCUT2D eigenvalue weighted by atomic mass is 32.2. The van der Waals surface area contributed by atoms with Crippen LogP contribution >= 0.6 is 23.1 Å². The fraction of sp³-hybridized carbons (Fsp3) is 0.0732. The molecule has 0 saturated carbocycles. The van der Waals surface area contributed by atoms with Crippen molar-refractivity contribution in [3.05, 3.63) is 126 Å². The first-order valence-electron chi connectivity index (χ1n) is 15.7. The maximum Gasteiger partial charge on any atom is 0.235 e. The number of aromatic nitrogens is 3. The fourth-order valence-electron chi connectivity index (χ4n) is 8.07. The van der Waals surface area contributed by atoms with Crippen LogP contribution < -0.4 is 0 Å². The molecule has 6 aromatic carbocycles. The Labute approximate surface area is 273 Å². The van der Waals surface area contributed by atoms with Crippen LogP contribution in [-0.2, 0) is 5.41 Å². The molecule has 3 nitrogen and oxygen atoms in total. The van der Waals surface area contributed by atoms with Gasteiger partial charge >= 0.3 is 0 Å². The molecule has 5 heteroatoms. The van der Waals surface area contributed by atoms with Gasteiger partial charge in [-0.25, -0.2) is 9.97 Å². The van der Waals surface area contributed by atoms with Crippen LogP contribution in [0.3, 0.4) is 0 Å². The molecule has 2 aliphatic rings. The molecule has 0 atom stereocenters. The van der Waals surface area contributed by atoms with Crippen LogP contribution in [0.15, 0.2) is 125 Å². The minimum Gasteiger partial charge on any atom is -0.278 e. The Hall–Kier alpha value is -4.97. The summed E-state index contributed by atoms with van der Waals surface area (Å²) in [6, 6.07) is 42.2. The van der Waals surface area contributed by atoms with E-state index in [2.05, 4.69) is 134 Å². The number of thiophene rings is 1. The SMILES string of the molecule is CC1(C)c2cc3c(cc2-c2c1ccc1c2sc2ccccc21)c1ccccc1n3-c1nc2c3c(cccc3n1)Sc1ccccc1-2. The number of fused-ring (bicyclic) bond motifs is 12. The lowest BCUT2D eigenvalue weighted by Gasteiger charge is -2.22. The van der Waals surface area contributed by atoms with E-state index >= 15 is 0 Å². The zero-order valence-corrected chi connectivity index (χ0v) is 26.8. The third-order valence-electron chi connectivity index (χ3n) is 10.2. The van der Waals surface area contributed by atoms with Gasteiger partial charge in [0.15, 0.2) is 0 Å². The average Bonchev–Trinajstić information content (AvgIpc) is 3.69. The van der Waals surface area contributed by atoms with E-state index in [-0.39, 0.29) is 5.41 Å². The van der Waals surface area contributed by atoms with Crippen molar-refractivity contribution in [3.8, 4) is 28.3 Å². The van der Waals surface area contributed by atoms with E-state index in [1.54, 1.807) is 11.8 Å². The summed E-state index contributed by atoms with van der Waals surface area (Å²) in [4.78, 5) is 13.1. The molecule has 0 spiro atoms. The highest BCUT2D eigenvalue weighted by Gasteiger charge is 2.38. The Morgan fingerprint density at radius 3 is 2.35 bits per heavy atom. The summed E-state index contributed by atoms with van der Waals surface area (Å²) in [5.74, 6) is 0.715. The van der Waals surface area contributed by atoms with Crippen molar-refractivity contribution >= 4 is 76.0 Å². The first kappa shape index (κ1) is 25.2. The number of benzene rings is 6. The number of rotatable bonds is 1. The van der Waals surface area contributed by atoms with E-state index in [0.717, 1.165) is 27.6 Å². The van der Waals surface area contributed by atoms with Gasteiger partial charge in [-0.1, -0.05) is 98.4 Å². The second-order valence-electron chi connectivity index (χ2n) is 13.0. The summed E-state index contributed by atoms with van der Waals surface area (Å²) in [6.07, 6.45) is 0. The lowest BCUT2D eigenvalue weighted by molar-refractivity contribution is 0.661. The highest BCUT2D eigenvalue weighted by molar-refractivity contribution is 7.99.